The molecule has 11 heavy (non-hydrogen) atoms. The van der Waals surface area contributed by atoms with Crippen LogP contribution in [0.5, 0.6) is 0 Å². The Morgan fingerprint density at radius 3 is 3.18 bits per heavy atom. The Morgan fingerprint density at radius 1 is 1.45 bits per heavy atom. The Morgan fingerprint density at radius 2 is 2.36 bits per heavy atom. The maximum atomic E-state index is 5.17. The minimum atomic E-state index is 0.660. The summed E-state index contributed by atoms with van der Waals surface area (Å²) in [5.74, 6) is 1.89. The quantitative estimate of drug-likeness (QED) is 0.643. The molecule has 2 fully saturated rings. The summed E-state index contributed by atoms with van der Waals surface area (Å²) < 4.78 is 5.17. The molecule has 1 heterocycles. The molecule has 2 nitrogen and oxygen atoms in total. The summed E-state index contributed by atoms with van der Waals surface area (Å²) in [7, 11) is 1.80. The summed E-state index contributed by atoms with van der Waals surface area (Å²) in [6.07, 6.45) is 4.31. The van der Waals surface area contributed by atoms with Crippen LogP contribution in [0, 0.1) is 11.8 Å². The molecule has 2 rings (SSSR count). The third kappa shape index (κ3) is 1.30. The van der Waals surface area contributed by atoms with Crippen LogP contribution in [0.2, 0.25) is 0 Å². The summed E-state index contributed by atoms with van der Waals surface area (Å²) in [5.41, 5.74) is 0. The zero-order chi connectivity index (χ0) is 7.68. The van der Waals surface area contributed by atoms with Gasteiger partial charge in [0.1, 0.15) is 0 Å². The van der Waals surface area contributed by atoms with Gasteiger partial charge in [-0.3, -0.25) is 0 Å². The van der Waals surface area contributed by atoms with Gasteiger partial charge in [0.15, 0.2) is 0 Å². The molecule has 3 atom stereocenters. The number of rotatable bonds is 2. The first-order valence-corrected chi connectivity index (χ1v) is 4.64. The van der Waals surface area contributed by atoms with Gasteiger partial charge in [0.05, 0.1) is 6.61 Å². The maximum Gasteiger partial charge on any atom is 0.0618 e. The Kier molecular flexibility index (Phi) is 2.14. The highest BCUT2D eigenvalue weighted by molar-refractivity contribution is 4.93. The number of methoxy groups -OCH3 is 1. The lowest BCUT2D eigenvalue weighted by Gasteiger charge is -2.16. The Labute approximate surface area is 68.3 Å². The van der Waals surface area contributed by atoms with Crippen molar-refractivity contribution in [3.05, 3.63) is 0 Å². The van der Waals surface area contributed by atoms with Crippen molar-refractivity contribution in [2.75, 3.05) is 20.3 Å². The fourth-order valence-corrected chi connectivity index (χ4v) is 2.66. The first-order chi connectivity index (χ1) is 5.42. The molecule has 0 aromatic carbocycles. The van der Waals surface area contributed by atoms with Crippen LogP contribution in [0.4, 0.5) is 0 Å². The van der Waals surface area contributed by atoms with Crippen LogP contribution in [0.3, 0.4) is 0 Å². The molecular formula is C9H17NO. The molecule has 1 aliphatic heterocycles. The fourth-order valence-electron chi connectivity index (χ4n) is 2.66. The second kappa shape index (κ2) is 3.11. The zero-order valence-electron chi connectivity index (χ0n) is 7.18. The highest BCUT2D eigenvalue weighted by Gasteiger charge is 2.38. The predicted molar refractivity (Wildman–Crippen MR) is 44.5 cm³/mol. The minimum absolute atomic E-state index is 0.660. The minimum Gasteiger partial charge on any atom is -0.383 e. The monoisotopic (exact) mass is 155 g/mol. The molecule has 0 radical (unpaired) electrons. The van der Waals surface area contributed by atoms with Gasteiger partial charge in [-0.2, -0.15) is 0 Å². The van der Waals surface area contributed by atoms with E-state index in [9.17, 15) is 0 Å². The third-order valence-corrected chi connectivity index (χ3v) is 3.22. The third-order valence-electron chi connectivity index (χ3n) is 3.22. The van der Waals surface area contributed by atoms with E-state index in [4.69, 9.17) is 4.74 Å². The molecule has 64 valence electrons. The molecule has 1 N–H and O–H groups in total. The first kappa shape index (κ1) is 7.56. The van der Waals surface area contributed by atoms with Gasteiger partial charge in [0, 0.05) is 13.2 Å². The van der Waals surface area contributed by atoms with E-state index in [1.54, 1.807) is 7.11 Å². The van der Waals surface area contributed by atoms with Crippen molar-refractivity contribution in [3.63, 3.8) is 0 Å². The van der Waals surface area contributed by atoms with Crippen molar-refractivity contribution in [2.24, 2.45) is 11.8 Å². The summed E-state index contributed by atoms with van der Waals surface area (Å²) in [6.45, 7) is 2.14. The molecule has 2 aliphatic rings. The first-order valence-electron chi connectivity index (χ1n) is 4.64. The molecule has 0 aromatic heterocycles. The molecule has 0 spiro atoms. The lowest BCUT2D eigenvalue weighted by molar-refractivity contribution is 0.154. The van der Waals surface area contributed by atoms with Crippen LogP contribution in [-0.4, -0.2) is 26.3 Å². The van der Waals surface area contributed by atoms with Gasteiger partial charge >= 0.3 is 0 Å². The van der Waals surface area contributed by atoms with Crippen LogP contribution in [0.15, 0.2) is 0 Å². The molecule has 0 bridgehead atoms. The van der Waals surface area contributed by atoms with E-state index < -0.39 is 0 Å². The number of ether oxygens (including phenoxy) is 1. The second-order valence-corrected chi connectivity index (χ2v) is 3.82. The molecule has 1 saturated heterocycles. The molecule has 0 aromatic rings. The van der Waals surface area contributed by atoms with Crippen molar-refractivity contribution in [2.45, 2.75) is 25.3 Å². The second-order valence-electron chi connectivity index (χ2n) is 3.82. The van der Waals surface area contributed by atoms with E-state index in [0.29, 0.717) is 6.04 Å². The van der Waals surface area contributed by atoms with Gasteiger partial charge < -0.3 is 10.1 Å². The standard InChI is InChI=1S/C9H17NO/c1-11-6-9-8-4-2-3-7(8)5-10-9/h7-10H,2-6H2,1H3/t7?,8-,9?/m1/s1. The Bertz CT molecular complexity index is 136. The summed E-state index contributed by atoms with van der Waals surface area (Å²) in [6, 6.07) is 0.660. The highest BCUT2D eigenvalue weighted by Crippen LogP contribution is 2.37. The molecular weight excluding hydrogens is 138 g/mol. The fraction of sp³-hybridized carbons (Fsp3) is 1.00. The largest absolute Gasteiger partial charge is 0.383 e. The highest BCUT2D eigenvalue weighted by atomic mass is 16.5. The van der Waals surface area contributed by atoms with Gasteiger partial charge in [-0.1, -0.05) is 6.42 Å². The van der Waals surface area contributed by atoms with Crippen molar-refractivity contribution >= 4 is 0 Å². The number of hydrogen-bond donors (Lipinski definition) is 1. The van der Waals surface area contributed by atoms with E-state index in [1.807, 2.05) is 0 Å². The van der Waals surface area contributed by atoms with Crippen molar-refractivity contribution in [1.82, 2.24) is 5.32 Å². The molecule has 0 amide bonds. The van der Waals surface area contributed by atoms with E-state index in [1.165, 1.54) is 25.8 Å². The van der Waals surface area contributed by atoms with Crippen molar-refractivity contribution in [1.29, 1.82) is 0 Å². The van der Waals surface area contributed by atoms with Gasteiger partial charge in [0.25, 0.3) is 0 Å². The van der Waals surface area contributed by atoms with Crippen LogP contribution in [0.1, 0.15) is 19.3 Å². The van der Waals surface area contributed by atoms with Crippen LogP contribution in [0.25, 0.3) is 0 Å². The SMILES string of the molecule is COCC1NCC2CCC[C@H]21. The van der Waals surface area contributed by atoms with Gasteiger partial charge in [-0.25, -0.2) is 0 Å². The van der Waals surface area contributed by atoms with Crippen LogP contribution >= 0.6 is 0 Å². The average Bonchev–Trinajstić information content (AvgIpc) is 2.53. The molecule has 1 aliphatic carbocycles. The van der Waals surface area contributed by atoms with Crippen LogP contribution in [-0.2, 0) is 4.74 Å². The van der Waals surface area contributed by atoms with Gasteiger partial charge in [0.2, 0.25) is 0 Å². The van der Waals surface area contributed by atoms with E-state index >= 15 is 0 Å². The van der Waals surface area contributed by atoms with E-state index in [2.05, 4.69) is 5.32 Å². The van der Waals surface area contributed by atoms with Gasteiger partial charge in [-0.05, 0) is 31.2 Å². The summed E-state index contributed by atoms with van der Waals surface area (Å²) >= 11 is 0. The van der Waals surface area contributed by atoms with E-state index in [0.717, 1.165) is 18.4 Å². The van der Waals surface area contributed by atoms with Crippen molar-refractivity contribution in [3.8, 4) is 0 Å². The Balaban J connectivity index is 1.92. The van der Waals surface area contributed by atoms with Crippen LogP contribution < -0.4 is 5.32 Å². The van der Waals surface area contributed by atoms with Crippen molar-refractivity contribution < 1.29 is 4.74 Å². The Hall–Kier alpha value is -0.0800. The summed E-state index contributed by atoms with van der Waals surface area (Å²) in [4.78, 5) is 0. The lowest BCUT2D eigenvalue weighted by atomic mass is 9.95. The molecule has 1 saturated carbocycles. The number of nitrogens with one attached hydrogen (secondary N) is 1. The van der Waals surface area contributed by atoms with Gasteiger partial charge in [-0.15, -0.1) is 0 Å². The predicted octanol–water partition coefficient (Wildman–Crippen LogP) is 1.02. The lowest BCUT2D eigenvalue weighted by Crippen LogP contribution is -2.31. The molecule has 2 heteroatoms. The normalized spacial score (nSPS) is 42.8. The van der Waals surface area contributed by atoms with E-state index in [-0.39, 0.29) is 0 Å². The maximum absolute atomic E-state index is 5.17. The average molecular weight is 155 g/mol. The number of fused-ring (bicyclic) bond motifs is 1. The summed E-state index contributed by atoms with van der Waals surface area (Å²) in [5, 5.41) is 3.53. The zero-order valence-corrected chi connectivity index (χ0v) is 7.18. The number of hydrogen-bond acceptors (Lipinski definition) is 2. The topological polar surface area (TPSA) is 21.3 Å². The smallest absolute Gasteiger partial charge is 0.0618 e. The molecule has 2 unspecified atom stereocenters.